The van der Waals surface area contributed by atoms with Crippen molar-refractivity contribution in [2.45, 2.75) is 182 Å². The van der Waals surface area contributed by atoms with Gasteiger partial charge in [-0.3, -0.25) is 4.99 Å². The number of para-hydroxylation sites is 1. The topological polar surface area (TPSA) is 12.4 Å². The first-order valence-corrected chi connectivity index (χ1v) is 18.1. The summed E-state index contributed by atoms with van der Waals surface area (Å²) in [6, 6.07) is 9.11. The Balaban J connectivity index is 1.52. The van der Waals surface area contributed by atoms with Gasteiger partial charge in [0.1, 0.15) is 0 Å². The maximum atomic E-state index is 5.28. The molecule has 4 atom stereocenters. The van der Waals surface area contributed by atoms with E-state index in [4.69, 9.17) is 4.99 Å². The van der Waals surface area contributed by atoms with Gasteiger partial charge in [0.15, 0.2) is 0 Å². The number of nitrogens with zero attached hydrogens (tertiary/aromatic N) is 1. The monoisotopic (exact) mass is 550 g/mol. The number of unbranched alkanes of at least 4 members (excludes halogenated alkanes) is 3. The van der Waals surface area contributed by atoms with Gasteiger partial charge in [-0.05, 0) is 92.1 Å². The number of rotatable bonds is 18. The summed E-state index contributed by atoms with van der Waals surface area (Å²) in [7, 11) is 0. The molecule has 0 radical (unpaired) electrons. The van der Waals surface area contributed by atoms with E-state index in [1.807, 2.05) is 0 Å². The fourth-order valence-electron chi connectivity index (χ4n) is 7.98. The Morgan fingerprint density at radius 1 is 0.800 bits per heavy atom. The molecule has 1 aromatic carbocycles. The van der Waals surface area contributed by atoms with Crippen LogP contribution in [0.25, 0.3) is 0 Å². The van der Waals surface area contributed by atoms with E-state index < -0.39 is 0 Å². The molecule has 0 amide bonds. The van der Waals surface area contributed by atoms with Crippen molar-refractivity contribution in [3.8, 4) is 0 Å². The van der Waals surface area contributed by atoms with Crippen molar-refractivity contribution in [2.75, 3.05) is 0 Å². The Bertz CT molecular complexity index is 829. The van der Waals surface area contributed by atoms with Crippen LogP contribution in [0, 0.1) is 23.2 Å². The van der Waals surface area contributed by atoms with Crippen molar-refractivity contribution in [1.29, 1.82) is 0 Å². The molecule has 0 spiro atoms. The largest absolute Gasteiger partial charge is 0.257 e. The van der Waals surface area contributed by atoms with Gasteiger partial charge >= 0.3 is 0 Å². The summed E-state index contributed by atoms with van der Waals surface area (Å²) in [5.74, 6) is 3.13. The lowest BCUT2D eigenvalue weighted by atomic mass is 9.73. The summed E-state index contributed by atoms with van der Waals surface area (Å²) in [4.78, 5) is 5.28. The van der Waals surface area contributed by atoms with Crippen LogP contribution in [0.2, 0.25) is 0 Å². The van der Waals surface area contributed by atoms with Gasteiger partial charge in [-0.25, -0.2) is 0 Å². The summed E-state index contributed by atoms with van der Waals surface area (Å²) >= 11 is 0. The molecule has 40 heavy (non-hydrogen) atoms. The van der Waals surface area contributed by atoms with E-state index in [0.717, 1.165) is 11.8 Å². The normalized spacial score (nSPS) is 21.5. The molecule has 228 valence electrons. The van der Waals surface area contributed by atoms with Crippen LogP contribution in [0.5, 0.6) is 0 Å². The Hall–Kier alpha value is -1.11. The van der Waals surface area contributed by atoms with Crippen LogP contribution in [0.3, 0.4) is 0 Å². The molecular weight excluding hydrogens is 482 g/mol. The second-order valence-corrected chi connectivity index (χ2v) is 14.5. The number of fused-ring (bicyclic) bond motifs is 1. The average molecular weight is 550 g/mol. The van der Waals surface area contributed by atoms with Crippen molar-refractivity contribution in [2.24, 2.45) is 28.2 Å². The molecule has 1 heterocycles. The van der Waals surface area contributed by atoms with Crippen LogP contribution in [0.4, 0.5) is 5.69 Å². The fraction of sp³-hybridized carbons (Fsp3) is 0.821. The molecule has 1 saturated carbocycles. The van der Waals surface area contributed by atoms with Crippen molar-refractivity contribution < 1.29 is 0 Å². The average Bonchev–Trinajstić information content (AvgIpc) is 2.95. The fourth-order valence-corrected chi connectivity index (χ4v) is 7.98. The third kappa shape index (κ3) is 11.3. The lowest BCUT2D eigenvalue weighted by molar-refractivity contribution is 0.197. The van der Waals surface area contributed by atoms with E-state index >= 15 is 0 Å². The molecule has 2 aliphatic rings. The molecule has 0 bridgehead atoms. The predicted octanol–water partition coefficient (Wildman–Crippen LogP) is 13.4. The maximum Gasteiger partial charge on any atom is 0.0664 e. The van der Waals surface area contributed by atoms with Crippen LogP contribution in [-0.2, 0) is 0 Å². The van der Waals surface area contributed by atoms with Crippen LogP contribution >= 0.6 is 0 Å². The third-order valence-corrected chi connectivity index (χ3v) is 11.0. The Labute approximate surface area is 250 Å². The highest BCUT2D eigenvalue weighted by atomic mass is 14.8. The van der Waals surface area contributed by atoms with E-state index in [1.165, 1.54) is 158 Å². The predicted molar refractivity (Wildman–Crippen MR) is 179 cm³/mol. The lowest BCUT2D eigenvalue weighted by Gasteiger charge is -2.33. The number of benzene rings is 1. The van der Waals surface area contributed by atoms with Gasteiger partial charge in [-0.2, -0.15) is 0 Å². The zero-order chi connectivity index (χ0) is 28.6. The summed E-state index contributed by atoms with van der Waals surface area (Å²) in [5.41, 5.74) is 4.95. The summed E-state index contributed by atoms with van der Waals surface area (Å²) in [6.07, 6.45) is 30.8. The third-order valence-electron chi connectivity index (χ3n) is 11.0. The van der Waals surface area contributed by atoms with Gasteiger partial charge < -0.3 is 0 Å². The highest BCUT2D eigenvalue weighted by Crippen LogP contribution is 2.42. The minimum atomic E-state index is 0.623. The van der Waals surface area contributed by atoms with Gasteiger partial charge in [0.2, 0.25) is 0 Å². The van der Waals surface area contributed by atoms with Crippen molar-refractivity contribution in [3.05, 3.63) is 29.8 Å². The van der Waals surface area contributed by atoms with Gasteiger partial charge in [-0.1, -0.05) is 143 Å². The SMILES string of the molecule is CCCCCC[C@H](CC)C1=Nc2ccccc2[C@@H](CCC(CCC)CC[C@H](C)CCC2(C)CCCCCCC2)C1. The molecule has 3 rings (SSSR count). The van der Waals surface area contributed by atoms with Crippen LogP contribution in [-0.4, -0.2) is 5.71 Å². The molecule has 0 N–H and O–H groups in total. The quantitative estimate of drug-likeness (QED) is 0.161. The smallest absolute Gasteiger partial charge is 0.0664 e. The molecule has 0 aromatic heterocycles. The van der Waals surface area contributed by atoms with E-state index in [9.17, 15) is 0 Å². The van der Waals surface area contributed by atoms with Gasteiger partial charge in [0, 0.05) is 5.71 Å². The van der Waals surface area contributed by atoms with Gasteiger partial charge in [0.25, 0.3) is 0 Å². The van der Waals surface area contributed by atoms with Gasteiger partial charge in [-0.15, -0.1) is 0 Å². The van der Waals surface area contributed by atoms with Crippen LogP contribution in [0.15, 0.2) is 29.3 Å². The molecular formula is C39H67N. The highest BCUT2D eigenvalue weighted by molar-refractivity contribution is 5.92. The van der Waals surface area contributed by atoms with Crippen LogP contribution < -0.4 is 0 Å². The summed E-state index contributed by atoms with van der Waals surface area (Å²) < 4.78 is 0. The zero-order valence-electron chi connectivity index (χ0n) is 27.6. The second kappa shape index (κ2) is 18.4. The van der Waals surface area contributed by atoms with E-state index in [0.29, 0.717) is 17.3 Å². The standard InChI is InChI=1S/C39H67N/c1-6-9-10-14-20-34(8-3)38-31-35(36-21-15-16-22-37(36)40-38)26-25-33(19-7-2)24-23-32(4)27-30-39(5)28-17-12-11-13-18-29-39/h15-16,21-22,32-35H,6-14,17-20,23-31H2,1-5H3/t32-,33?,34-,35-/m0/s1. The Morgan fingerprint density at radius 3 is 2.27 bits per heavy atom. The zero-order valence-corrected chi connectivity index (χ0v) is 27.6. The first-order chi connectivity index (χ1) is 19.5. The Kier molecular flexibility index (Phi) is 15.4. The summed E-state index contributed by atoms with van der Waals surface area (Å²) in [5, 5.41) is 0. The van der Waals surface area contributed by atoms with Gasteiger partial charge in [0.05, 0.1) is 5.69 Å². The van der Waals surface area contributed by atoms with Crippen molar-refractivity contribution in [1.82, 2.24) is 0 Å². The molecule has 1 aliphatic heterocycles. The Morgan fingerprint density at radius 2 is 1.55 bits per heavy atom. The molecule has 1 aromatic rings. The van der Waals surface area contributed by atoms with Crippen molar-refractivity contribution in [3.63, 3.8) is 0 Å². The number of aliphatic imine (C=N–C) groups is 1. The molecule has 1 aliphatic carbocycles. The first kappa shape index (κ1) is 33.4. The molecule has 1 unspecified atom stereocenters. The highest BCUT2D eigenvalue weighted by Gasteiger charge is 2.28. The minimum absolute atomic E-state index is 0.623. The van der Waals surface area contributed by atoms with E-state index in [-0.39, 0.29) is 0 Å². The molecule has 1 nitrogen and oxygen atoms in total. The second-order valence-electron chi connectivity index (χ2n) is 14.5. The molecule has 1 fully saturated rings. The van der Waals surface area contributed by atoms with E-state index in [1.54, 1.807) is 0 Å². The van der Waals surface area contributed by atoms with Crippen molar-refractivity contribution >= 4 is 11.4 Å². The number of hydrogen-bond donors (Lipinski definition) is 0. The first-order valence-electron chi connectivity index (χ1n) is 18.1. The molecule has 1 heteroatoms. The van der Waals surface area contributed by atoms with Crippen LogP contribution in [0.1, 0.15) is 187 Å². The molecule has 0 saturated heterocycles. The summed E-state index contributed by atoms with van der Waals surface area (Å²) in [6.45, 7) is 12.3. The lowest BCUT2D eigenvalue weighted by Crippen LogP contribution is -2.21. The minimum Gasteiger partial charge on any atom is -0.257 e. The maximum absolute atomic E-state index is 5.28. The van der Waals surface area contributed by atoms with E-state index in [2.05, 4.69) is 58.9 Å². The number of hydrogen-bond acceptors (Lipinski definition) is 1.